The summed E-state index contributed by atoms with van der Waals surface area (Å²) in [6.45, 7) is 1.45. The van der Waals surface area contributed by atoms with Crippen LogP contribution in [0, 0.1) is 0 Å². The number of methoxy groups -OCH3 is 1. The number of allylic oxidation sites excluding steroid dienone is 3. The number of hydrogen-bond acceptors (Lipinski definition) is 5. The van der Waals surface area contributed by atoms with Gasteiger partial charge in [-0.3, -0.25) is 9.59 Å². The van der Waals surface area contributed by atoms with Gasteiger partial charge in [-0.15, -0.1) is 0 Å². The first-order chi connectivity index (χ1) is 8.60. The van der Waals surface area contributed by atoms with Crippen molar-refractivity contribution in [1.29, 1.82) is 0 Å². The summed E-state index contributed by atoms with van der Waals surface area (Å²) in [6, 6.07) is 0. The van der Waals surface area contributed by atoms with Crippen LogP contribution in [-0.4, -0.2) is 30.8 Å². The molecule has 0 aliphatic carbocycles. The number of carbonyl (C=O) groups is 2. The summed E-state index contributed by atoms with van der Waals surface area (Å²) in [5, 5.41) is 8.67. The molecular formula is C13H20O5. The van der Waals surface area contributed by atoms with E-state index in [1.54, 1.807) is 18.2 Å². The van der Waals surface area contributed by atoms with Crippen molar-refractivity contribution >= 4 is 11.9 Å². The van der Waals surface area contributed by atoms with Crippen LogP contribution in [0.4, 0.5) is 0 Å². The molecule has 0 saturated carbocycles. The summed E-state index contributed by atoms with van der Waals surface area (Å²) in [5.74, 6) is -0.183. The van der Waals surface area contributed by atoms with Gasteiger partial charge in [-0.1, -0.05) is 12.2 Å². The van der Waals surface area contributed by atoms with E-state index in [-0.39, 0.29) is 25.0 Å². The minimum atomic E-state index is -0.383. The molecule has 0 unspecified atom stereocenters. The van der Waals surface area contributed by atoms with E-state index in [2.05, 4.69) is 4.74 Å². The number of aliphatic hydroxyl groups is 1. The fourth-order valence-corrected chi connectivity index (χ4v) is 1.19. The monoisotopic (exact) mass is 256 g/mol. The second-order valence-corrected chi connectivity index (χ2v) is 3.62. The Morgan fingerprint density at radius 1 is 1.28 bits per heavy atom. The predicted octanol–water partition coefficient (Wildman–Crippen LogP) is 1.72. The molecule has 0 atom stereocenters. The van der Waals surface area contributed by atoms with Crippen LogP contribution in [-0.2, 0) is 19.1 Å². The maximum atomic E-state index is 10.9. The molecule has 0 rings (SSSR count). The average Bonchev–Trinajstić information content (AvgIpc) is 2.33. The van der Waals surface area contributed by atoms with Crippen molar-refractivity contribution in [2.45, 2.75) is 32.6 Å². The van der Waals surface area contributed by atoms with E-state index in [4.69, 9.17) is 9.84 Å². The zero-order chi connectivity index (χ0) is 13.8. The van der Waals surface area contributed by atoms with Crippen LogP contribution < -0.4 is 0 Å². The molecule has 0 aromatic rings. The SMILES string of the molecule is COC(=O)C/C=C\C=C(/CCCCO)OC(C)=O. The highest BCUT2D eigenvalue weighted by Gasteiger charge is 2.01. The van der Waals surface area contributed by atoms with Crippen LogP contribution in [0.15, 0.2) is 24.0 Å². The van der Waals surface area contributed by atoms with E-state index in [0.717, 1.165) is 6.42 Å². The van der Waals surface area contributed by atoms with Gasteiger partial charge in [0, 0.05) is 20.0 Å². The third kappa shape index (κ3) is 9.59. The molecule has 0 aliphatic rings. The number of carbonyl (C=O) groups excluding carboxylic acids is 2. The van der Waals surface area contributed by atoms with Crippen molar-refractivity contribution < 1.29 is 24.2 Å². The molecule has 0 spiro atoms. The van der Waals surface area contributed by atoms with E-state index in [1.165, 1.54) is 14.0 Å². The highest BCUT2D eigenvalue weighted by atomic mass is 16.5. The van der Waals surface area contributed by atoms with E-state index in [9.17, 15) is 9.59 Å². The topological polar surface area (TPSA) is 72.8 Å². The van der Waals surface area contributed by atoms with Gasteiger partial charge in [0.05, 0.1) is 13.5 Å². The lowest BCUT2D eigenvalue weighted by Crippen LogP contribution is -1.99. The van der Waals surface area contributed by atoms with Gasteiger partial charge in [-0.2, -0.15) is 0 Å². The molecule has 0 aliphatic heterocycles. The Hall–Kier alpha value is -1.62. The average molecular weight is 256 g/mol. The predicted molar refractivity (Wildman–Crippen MR) is 66.6 cm³/mol. The van der Waals surface area contributed by atoms with E-state index in [1.807, 2.05) is 0 Å². The van der Waals surface area contributed by atoms with Gasteiger partial charge in [0.25, 0.3) is 0 Å². The quantitative estimate of drug-likeness (QED) is 0.310. The van der Waals surface area contributed by atoms with Gasteiger partial charge in [-0.05, 0) is 18.9 Å². The minimum Gasteiger partial charge on any atom is -0.469 e. The van der Waals surface area contributed by atoms with Crippen LogP contribution >= 0.6 is 0 Å². The molecule has 18 heavy (non-hydrogen) atoms. The Labute approximate surface area is 107 Å². The van der Waals surface area contributed by atoms with Gasteiger partial charge in [0.15, 0.2) is 0 Å². The maximum Gasteiger partial charge on any atom is 0.309 e. The molecule has 0 fully saturated rings. The van der Waals surface area contributed by atoms with Crippen molar-refractivity contribution in [2.75, 3.05) is 13.7 Å². The molecule has 0 bridgehead atoms. The smallest absolute Gasteiger partial charge is 0.309 e. The molecule has 102 valence electrons. The fourth-order valence-electron chi connectivity index (χ4n) is 1.19. The van der Waals surface area contributed by atoms with Crippen LogP contribution in [0.2, 0.25) is 0 Å². The molecular weight excluding hydrogens is 236 g/mol. The summed E-state index contributed by atoms with van der Waals surface area (Å²) in [6.07, 6.45) is 7.06. The Morgan fingerprint density at radius 3 is 2.56 bits per heavy atom. The van der Waals surface area contributed by atoms with Gasteiger partial charge >= 0.3 is 11.9 Å². The molecule has 5 heteroatoms. The van der Waals surface area contributed by atoms with Gasteiger partial charge in [0.2, 0.25) is 0 Å². The molecule has 5 nitrogen and oxygen atoms in total. The first kappa shape index (κ1) is 16.4. The molecule has 1 N–H and O–H groups in total. The third-order valence-electron chi connectivity index (χ3n) is 2.04. The Kier molecular flexibility index (Phi) is 9.58. The Balaban J connectivity index is 4.25. The van der Waals surface area contributed by atoms with Crippen molar-refractivity contribution in [3.63, 3.8) is 0 Å². The third-order valence-corrected chi connectivity index (χ3v) is 2.04. The highest BCUT2D eigenvalue weighted by Crippen LogP contribution is 2.09. The minimum absolute atomic E-state index is 0.117. The Bertz CT molecular complexity index is 317. The second-order valence-electron chi connectivity index (χ2n) is 3.62. The molecule has 0 heterocycles. The van der Waals surface area contributed by atoms with Gasteiger partial charge in [0.1, 0.15) is 5.76 Å². The summed E-state index contributed by atoms with van der Waals surface area (Å²) in [5.41, 5.74) is 0. The number of hydrogen-bond donors (Lipinski definition) is 1. The number of rotatable bonds is 8. The second kappa shape index (κ2) is 10.5. The normalized spacial score (nSPS) is 11.6. The molecule has 0 aromatic carbocycles. The largest absolute Gasteiger partial charge is 0.469 e. The number of esters is 2. The standard InChI is InChI=1S/C13H20O5/c1-11(15)18-12(8-5-6-10-14)7-3-4-9-13(16)17-2/h3-4,7,14H,5-6,8-10H2,1-2H3/b4-3-,12-7+. The lowest BCUT2D eigenvalue weighted by molar-refractivity contribution is -0.139. The number of unbranched alkanes of at least 4 members (excludes halogenated alkanes) is 1. The maximum absolute atomic E-state index is 10.9. The first-order valence-electron chi connectivity index (χ1n) is 5.82. The summed E-state index contributed by atoms with van der Waals surface area (Å²) < 4.78 is 9.48. The Morgan fingerprint density at radius 2 is 2.00 bits per heavy atom. The summed E-state index contributed by atoms with van der Waals surface area (Å²) in [4.78, 5) is 21.7. The van der Waals surface area contributed by atoms with Crippen LogP contribution in [0.5, 0.6) is 0 Å². The highest BCUT2D eigenvalue weighted by molar-refractivity contribution is 5.71. The molecule has 0 aromatic heterocycles. The first-order valence-corrected chi connectivity index (χ1v) is 5.82. The number of ether oxygens (including phenoxy) is 2. The van der Waals surface area contributed by atoms with Crippen molar-refractivity contribution in [3.05, 3.63) is 24.0 Å². The zero-order valence-corrected chi connectivity index (χ0v) is 10.8. The van der Waals surface area contributed by atoms with Crippen molar-refractivity contribution in [3.8, 4) is 0 Å². The van der Waals surface area contributed by atoms with Crippen LogP contribution in [0.3, 0.4) is 0 Å². The summed E-state index contributed by atoms with van der Waals surface area (Å²) in [7, 11) is 1.32. The van der Waals surface area contributed by atoms with Crippen molar-refractivity contribution in [1.82, 2.24) is 0 Å². The molecule has 0 saturated heterocycles. The van der Waals surface area contributed by atoms with Crippen LogP contribution in [0.1, 0.15) is 32.6 Å². The van der Waals surface area contributed by atoms with Crippen LogP contribution in [0.25, 0.3) is 0 Å². The van der Waals surface area contributed by atoms with Crippen molar-refractivity contribution in [2.24, 2.45) is 0 Å². The fraction of sp³-hybridized carbons (Fsp3) is 0.538. The lowest BCUT2D eigenvalue weighted by atomic mass is 10.2. The lowest BCUT2D eigenvalue weighted by Gasteiger charge is -2.05. The number of aliphatic hydroxyl groups excluding tert-OH is 1. The van der Waals surface area contributed by atoms with E-state index in [0.29, 0.717) is 18.6 Å². The zero-order valence-electron chi connectivity index (χ0n) is 10.8. The van der Waals surface area contributed by atoms with Gasteiger partial charge in [-0.25, -0.2) is 0 Å². The summed E-state index contributed by atoms with van der Waals surface area (Å²) >= 11 is 0. The molecule has 0 radical (unpaired) electrons. The molecule has 0 amide bonds. The van der Waals surface area contributed by atoms with Gasteiger partial charge < -0.3 is 14.6 Å². The van der Waals surface area contributed by atoms with E-state index < -0.39 is 0 Å². The van der Waals surface area contributed by atoms with E-state index >= 15 is 0 Å².